The molecule has 0 aliphatic rings. The normalized spacial score (nSPS) is 10.3. The fraction of sp³-hybridized carbons (Fsp3) is 0.263. The number of thioether (sulfide) groups is 1. The first-order chi connectivity index (χ1) is 12.4. The highest BCUT2D eigenvalue weighted by Crippen LogP contribution is 2.24. The Morgan fingerprint density at radius 2 is 1.96 bits per heavy atom. The molecule has 0 bridgehead atoms. The lowest BCUT2D eigenvalue weighted by molar-refractivity contribution is -0.132. The van der Waals surface area contributed by atoms with E-state index in [1.165, 1.54) is 35.9 Å². The predicted octanol–water partition coefficient (Wildman–Crippen LogP) is 3.20. The van der Waals surface area contributed by atoms with Crippen LogP contribution in [-0.2, 0) is 16.0 Å². The van der Waals surface area contributed by atoms with Gasteiger partial charge in [-0.3, -0.25) is 9.59 Å². The molecule has 0 radical (unpaired) electrons. The van der Waals surface area contributed by atoms with E-state index in [4.69, 9.17) is 4.74 Å². The number of carbonyl (C=O) groups excluding carboxylic acids is 2. The van der Waals surface area contributed by atoms with Crippen molar-refractivity contribution < 1.29 is 18.7 Å². The molecule has 2 amide bonds. The number of carbonyl (C=O) groups is 2. The van der Waals surface area contributed by atoms with Gasteiger partial charge in [-0.25, -0.2) is 4.39 Å². The van der Waals surface area contributed by atoms with E-state index in [1.807, 2.05) is 30.5 Å². The van der Waals surface area contributed by atoms with Crippen LogP contribution in [0.3, 0.4) is 0 Å². The molecule has 0 fully saturated rings. The highest BCUT2D eigenvalue weighted by atomic mass is 32.2. The average molecular weight is 376 g/mol. The van der Waals surface area contributed by atoms with Crippen molar-refractivity contribution in [3.8, 4) is 5.75 Å². The number of halogens is 1. The van der Waals surface area contributed by atoms with Crippen LogP contribution in [0.4, 0.5) is 10.1 Å². The van der Waals surface area contributed by atoms with Gasteiger partial charge in [0.15, 0.2) is 11.6 Å². The third kappa shape index (κ3) is 5.23. The number of para-hydroxylation sites is 1. The van der Waals surface area contributed by atoms with Crippen molar-refractivity contribution in [2.45, 2.75) is 11.3 Å². The van der Waals surface area contributed by atoms with Gasteiger partial charge in [0.1, 0.15) is 0 Å². The summed E-state index contributed by atoms with van der Waals surface area (Å²) in [5.74, 6) is -0.959. The summed E-state index contributed by atoms with van der Waals surface area (Å²) in [6.45, 7) is -0.0831. The van der Waals surface area contributed by atoms with Crippen molar-refractivity contribution in [1.29, 1.82) is 0 Å². The molecule has 0 saturated heterocycles. The summed E-state index contributed by atoms with van der Waals surface area (Å²) in [5.41, 5.74) is 1.23. The zero-order valence-corrected chi connectivity index (χ0v) is 15.7. The second kappa shape index (κ2) is 9.24. The van der Waals surface area contributed by atoms with Gasteiger partial charge in [0.2, 0.25) is 11.8 Å². The Labute approximate surface area is 156 Å². The minimum atomic E-state index is -0.521. The molecule has 5 nitrogen and oxygen atoms in total. The monoisotopic (exact) mass is 376 g/mol. The first kappa shape index (κ1) is 19.8. The number of likely N-dealkylation sites (N-methyl/N-ethyl adjacent to an activating group) is 1. The molecular formula is C19H21FN2O3S. The number of nitrogens with zero attached hydrogens (tertiary/aromatic N) is 1. The number of anilines is 1. The lowest BCUT2D eigenvalue weighted by Gasteiger charge is -2.17. The molecule has 7 heteroatoms. The van der Waals surface area contributed by atoms with Gasteiger partial charge in [-0.05, 0) is 36.1 Å². The second-order valence-electron chi connectivity index (χ2n) is 5.64. The van der Waals surface area contributed by atoms with Crippen LogP contribution >= 0.6 is 11.8 Å². The standard InChI is InChI=1S/C19H21FN2O3S/c1-22(12-18(23)21-15-6-4-5-7-17(15)26-3)19(24)11-13-8-9-16(25-2)14(20)10-13/h4-10H,11-12H2,1-3H3,(H,21,23). The van der Waals surface area contributed by atoms with Gasteiger partial charge >= 0.3 is 0 Å². The fourth-order valence-corrected chi connectivity index (χ4v) is 2.92. The molecule has 0 aliphatic heterocycles. The van der Waals surface area contributed by atoms with Gasteiger partial charge in [-0.2, -0.15) is 0 Å². The van der Waals surface area contributed by atoms with E-state index in [0.717, 1.165) is 4.90 Å². The Kier molecular flexibility index (Phi) is 7.03. The lowest BCUT2D eigenvalue weighted by atomic mass is 10.1. The van der Waals surface area contributed by atoms with E-state index in [9.17, 15) is 14.0 Å². The zero-order chi connectivity index (χ0) is 19.1. The minimum absolute atomic E-state index is 0.00604. The van der Waals surface area contributed by atoms with Crippen molar-refractivity contribution in [1.82, 2.24) is 4.90 Å². The number of amides is 2. The topological polar surface area (TPSA) is 58.6 Å². The first-order valence-electron chi connectivity index (χ1n) is 7.94. The Hall–Kier alpha value is -2.54. The van der Waals surface area contributed by atoms with Gasteiger partial charge in [0, 0.05) is 11.9 Å². The van der Waals surface area contributed by atoms with Crippen LogP contribution in [0.1, 0.15) is 5.56 Å². The SMILES string of the molecule is COc1ccc(CC(=O)N(C)CC(=O)Nc2ccccc2SC)cc1F. The highest BCUT2D eigenvalue weighted by molar-refractivity contribution is 7.98. The maximum Gasteiger partial charge on any atom is 0.244 e. The largest absolute Gasteiger partial charge is 0.494 e. The number of rotatable bonds is 7. The molecule has 0 unspecified atom stereocenters. The summed E-state index contributed by atoms with van der Waals surface area (Å²) in [4.78, 5) is 26.7. The highest BCUT2D eigenvalue weighted by Gasteiger charge is 2.15. The smallest absolute Gasteiger partial charge is 0.244 e. The van der Waals surface area contributed by atoms with Crippen LogP contribution in [0.2, 0.25) is 0 Å². The van der Waals surface area contributed by atoms with Crippen molar-refractivity contribution >= 4 is 29.3 Å². The summed E-state index contributed by atoms with van der Waals surface area (Å²) < 4.78 is 18.6. The molecule has 0 atom stereocenters. The summed E-state index contributed by atoms with van der Waals surface area (Å²) in [5, 5.41) is 2.81. The lowest BCUT2D eigenvalue weighted by Crippen LogP contribution is -2.35. The average Bonchev–Trinajstić information content (AvgIpc) is 2.62. The van der Waals surface area contributed by atoms with Gasteiger partial charge in [0.05, 0.1) is 25.8 Å². The van der Waals surface area contributed by atoms with Crippen LogP contribution in [0.5, 0.6) is 5.75 Å². The molecule has 0 saturated carbocycles. The number of benzene rings is 2. The Balaban J connectivity index is 1.94. The van der Waals surface area contributed by atoms with E-state index < -0.39 is 5.82 Å². The molecule has 1 N–H and O–H groups in total. The van der Waals surface area contributed by atoms with Crippen LogP contribution in [0.15, 0.2) is 47.4 Å². The van der Waals surface area contributed by atoms with E-state index in [-0.39, 0.29) is 30.5 Å². The number of methoxy groups -OCH3 is 1. The Bertz CT molecular complexity index is 798. The maximum absolute atomic E-state index is 13.7. The number of ether oxygens (including phenoxy) is 1. The van der Waals surface area contributed by atoms with E-state index >= 15 is 0 Å². The summed E-state index contributed by atoms with van der Waals surface area (Å²) in [6.07, 6.45) is 1.93. The molecule has 0 heterocycles. The van der Waals surface area contributed by atoms with Crippen LogP contribution in [0.25, 0.3) is 0 Å². The molecule has 2 aromatic rings. The van der Waals surface area contributed by atoms with Gasteiger partial charge in [-0.15, -0.1) is 11.8 Å². The van der Waals surface area contributed by atoms with Crippen molar-refractivity contribution in [2.24, 2.45) is 0 Å². The number of nitrogens with one attached hydrogen (secondary N) is 1. The van der Waals surface area contributed by atoms with E-state index in [0.29, 0.717) is 11.3 Å². The number of hydrogen-bond acceptors (Lipinski definition) is 4. The molecule has 2 rings (SSSR count). The van der Waals surface area contributed by atoms with Crippen molar-refractivity contribution in [3.63, 3.8) is 0 Å². The van der Waals surface area contributed by atoms with Crippen LogP contribution in [-0.4, -0.2) is 43.7 Å². The zero-order valence-electron chi connectivity index (χ0n) is 14.9. The summed E-state index contributed by atoms with van der Waals surface area (Å²) in [6, 6.07) is 11.8. The molecule has 138 valence electrons. The molecular weight excluding hydrogens is 355 g/mol. The third-order valence-corrected chi connectivity index (χ3v) is 4.55. The van der Waals surface area contributed by atoms with Gasteiger partial charge in [-0.1, -0.05) is 18.2 Å². The predicted molar refractivity (Wildman–Crippen MR) is 101 cm³/mol. The Morgan fingerprint density at radius 3 is 2.62 bits per heavy atom. The number of hydrogen-bond donors (Lipinski definition) is 1. The quantitative estimate of drug-likeness (QED) is 0.754. The summed E-state index contributed by atoms with van der Waals surface area (Å²) >= 11 is 1.53. The van der Waals surface area contributed by atoms with Crippen LogP contribution < -0.4 is 10.1 Å². The van der Waals surface area contributed by atoms with Gasteiger partial charge < -0.3 is 15.0 Å². The fourth-order valence-electron chi connectivity index (χ4n) is 2.37. The van der Waals surface area contributed by atoms with E-state index in [2.05, 4.69) is 5.32 Å². The van der Waals surface area contributed by atoms with Crippen molar-refractivity contribution in [2.75, 3.05) is 32.3 Å². The summed E-state index contributed by atoms with van der Waals surface area (Å²) in [7, 11) is 2.92. The molecule has 2 aromatic carbocycles. The molecule has 0 aliphatic carbocycles. The molecule has 26 heavy (non-hydrogen) atoms. The third-order valence-electron chi connectivity index (χ3n) is 3.76. The molecule has 0 aromatic heterocycles. The first-order valence-corrected chi connectivity index (χ1v) is 9.16. The minimum Gasteiger partial charge on any atom is -0.494 e. The second-order valence-corrected chi connectivity index (χ2v) is 6.49. The van der Waals surface area contributed by atoms with Crippen molar-refractivity contribution in [3.05, 3.63) is 53.8 Å². The Morgan fingerprint density at radius 1 is 1.23 bits per heavy atom. The van der Waals surface area contributed by atoms with Crippen LogP contribution in [0, 0.1) is 5.82 Å². The maximum atomic E-state index is 13.7. The van der Waals surface area contributed by atoms with E-state index in [1.54, 1.807) is 13.1 Å². The molecule has 0 spiro atoms. The van der Waals surface area contributed by atoms with Gasteiger partial charge in [0.25, 0.3) is 0 Å².